The van der Waals surface area contributed by atoms with Gasteiger partial charge in [0.1, 0.15) is 11.2 Å². The normalized spacial score (nSPS) is 20.1. The van der Waals surface area contributed by atoms with Crippen molar-refractivity contribution < 1.29 is 14.3 Å². The first-order valence-corrected chi connectivity index (χ1v) is 15.1. The second kappa shape index (κ2) is 10.6. The van der Waals surface area contributed by atoms with E-state index >= 15 is 0 Å². The van der Waals surface area contributed by atoms with E-state index in [4.69, 9.17) is 9.72 Å². The maximum Gasteiger partial charge on any atom is 0.410 e. The number of carbonyl (C=O) groups is 2. The fourth-order valence-electron chi connectivity index (χ4n) is 6.88. The Morgan fingerprint density at radius 1 is 1.00 bits per heavy atom. The van der Waals surface area contributed by atoms with Crippen LogP contribution in [-0.4, -0.2) is 50.5 Å². The van der Waals surface area contributed by atoms with E-state index in [1.165, 1.54) is 23.1 Å². The van der Waals surface area contributed by atoms with Crippen LogP contribution in [0.3, 0.4) is 0 Å². The third-order valence-electron chi connectivity index (χ3n) is 8.95. The molecule has 1 saturated heterocycles. The van der Waals surface area contributed by atoms with Gasteiger partial charge in [0.25, 0.3) is 0 Å². The molecular weight excluding hydrogens is 500 g/mol. The highest BCUT2D eigenvalue weighted by molar-refractivity contribution is 5.85. The van der Waals surface area contributed by atoms with Crippen LogP contribution >= 0.6 is 0 Å². The predicted molar refractivity (Wildman–Crippen MR) is 157 cm³/mol. The van der Waals surface area contributed by atoms with Gasteiger partial charge in [0.15, 0.2) is 0 Å². The van der Waals surface area contributed by atoms with Crippen LogP contribution in [0.2, 0.25) is 0 Å². The number of hydrogen-bond acceptors (Lipinski definition) is 4. The minimum absolute atomic E-state index is 0.0704. The number of H-pyrrole nitrogens is 1. The average molecular weight is 543 g/mol. The summed E-state index contributed by atoms with van der Waals surface area (Å²) in [6, 6.07) is 6.69. The first-order chi connectivity index (χ1) is 19.2. The molecule has 0 bridgehead atoms. The number of nitrogens with one attached hydrogen (secondary N) is 1. The number of pyridine rings is 1. The number of amides is 2. The number of aromatic nitrogens is 2. The lowest BCUT2D eigenvalue weighted by molar-refractivity contribution is -0.137. The molecule has 3 aromatic rings. The molecule has 40 heavy (non-hydrogen) atoms. The minimum Gasteiger partial charge on any atom is -0.444 e. The van der Waals surface area contributed by atoms with Crippen molar-refractivity contribution in [3.8, 4) is 11.1 Å². The van der Waals surface area contributed by atoms with Crippen molar-refractivity contribution in [1.29, 1.82) is 0 Å². The molecule has 2 aliphatic heterocycles. The average Bonchev–Trinajstić information content (AvgIpc) is 3.58. The van der Waals surface area contributed by atoms with Crippen molar-refractivity contribution in [1.82, 2.24) is 19.8 Å². The summed E-state index contributed by atoms with van der Waals surface area (Å²) in [5.74, 6) is 0.471. The van der Waals surface area contributed by atoms with Crippen LogP contribution < -0.4 is 0 Å². The van der Waals surface area contributed by atoms with Crippen LogP contribution in [0.25, 0.3) is 22.2 Å². The summed E-state index contributed by atoms with van der Waals surface area (Å²) in [5.41, 5.74) is 7.35. The Labute approximate surface area is 237 Å². The van der Waals surface area contributed by atoms with Gasteiger partial charge in [-0.2, -0.15) is 0 Å². The third kappa shape index (κ3) is 5.23. The number of aromatic amines is 1. The summed E-state index contributed by atoms with van der Waals surface area (Å²) in [7, 11) is 0. The highest BCUT2D eigenvalue weighted by Crippen LogP contribution is 2.41. The zero-order valence-corrected chi connectivity index (χ0v) is 24.4. The predicted octanol–water partition coefficient (Wildman–Crippen LogP) is 7.08. The van der Waals surface area contributed by atoms with E-state index in [0.717, 1.165) is 79.2 Å². The zero-order valence-electron chi connectivity index (χ0n) is 24.4. The van der Waals surface area contributed by atoms with E-state index in [9.17, 15) is 9.59 Å². The molecule has 0 unspecified atom stereocenters. The van der Waals surface area contributed by atoms with Gasteiger partial charge in [0, 0.05) is 48.9 Å². The van der Waals surface area contributed by atoms with E-state index in [0.29, 0.717) is 19.0 Å². The lowest BCUT2D eigenvalue weighted by Crippen LogP contribution is -2.41. The summed E-state index contributed by atoms with van der Waals surface area (Å²) in [5, 5.41) is 1.12. The van der Waals surface area contributed by atoms with Crippen LogP contribution in [0.5, 0.6) is 0 Å². The van der Waals surface area contributed by atoms with E-state index in [-0.39, 0.29) is 18.1 Å². The first-order valence-electron chi connectivity index (χ1n) is 15.1. The fourth-order valence-corrected chi connectivity index (χ4v) is 6.88. The Kier molecular flexibility index (Phi) is 7.09. The third-order valence-corrected chi connectivity index (χ3v) is 8.95. The summed E-state index contributed by atoms with van der Waals surface area (Å²) in [6.07, 6.45) is 11.9. The molecule has 2 fully saturated rings. The van der Waals surface area contributed by atoms with Gasteiger partial charge in [-0.25, -0.2) is 9.78 Å². The van der Waals surface area contributed by atoms with E-state index in [1.54, 1.807) is 0 Å². The van der Waals surface area contributed by atoms with E-state index in [2.05, 4.69) is 35.0 Å². The van der Waals surface area contributed by atoms with Crippen molar-refractivity contribution in [2.75, 3.05) is 13.1 Å². The number of benzene rings is 1. The van der Waals surface area contributed by atoms with Crippen LogP contribution in [-0.2, 0) is 22.5 Å². The van der Waals surface area contributed by atoms with Gasteiger partial charge in [-0.1, -0.05) is 25.3 Å². The zero-order chi connectivity index (χ0) is 28.0. The lowest BCUT2D eigenvalue weighted by atomic mass is 9.85. The number of fused-ring (bicyclic) bond motifs is 2. The van der Waals surface area contributed by atoms with Gasteiger partial charge in [-0.3, -0.25) is 4.79 Å². The second-order valence-corrected chi connectivity index (χ2v) is 13.0. The number of hydrogen-bond donors (Lipinski definition) is 1. The Morgan fingerprint density at radius 3 is 2.58 bits per heavy atom. The topological polar surface area (TPSA) is 78.5 Å². The minimum atomic E-state index is -0.551. The molecule has 3 aliphatic rings. The Balaban J connectivity index is 1.40. The SMILES string of the molecule is Cc1c[nH]c2ncc(-c3cc4c(c([C@@H]5CCCN5C(=O)OC(C)(C)C)c3)CN(C(=O)C3CCCCC3)CC4)cc12. The molecule has 0 radical (unpaired) electrons. The fraction of sp³-hybridized carbons (Fsp3) is 0.545. The molecule has 1 saturated carbocycles. The summed E-state index contributed by atoms with van der Waals surface area (Å²) < 4.78 is 5.83. The molecule has 0 spiro atoms. The highest BCUT2D eigenvalue weighted by atomic mass is 16.6. The quantitative estimate of drug-likeness (QED) is 0.384. The maximum atomic E-state index is 13.6. The molecule has 1 N–H and O–H groups in total. The van der Waals surface area contributed by atoms with Gasteiger partial charge in [0.05, 0.1) is 6.04 Å². The number of nitrogens with zero attached hydrogens (tertiary/aromatic N) is 3. The number of aryl methyl sites for hydroxylation is 1. The second-order valence-electron chi connectivity index (χ2n) is 13.0. The van der Waals surface area contributed by atoms with Gasteiger partial charge in [-0.05, 0) is 99.7 Å². The van der Waals surface area contributed by atoms with Crippen LogP contribution in [0, 0.1) is 12.8 Å². The number of carbonyl (C=O) groups excluding carboxylic acids is 2. The maximum absolute atomic E-state index is 13.6. The Morgan fingerprint density at radius 2 is 1.80 bits per heavy atom. The molecule has 1 aliphatic carbocycles. The Bertz CT molecular complexity index is 1430. The van der Waals surface area contributed by atoms with Crippen molar-refractivity contribution in [3.63, 3.8) is 0 Å². The van der Waals surface area contributed by atoms with E-state index in [1.807, 2.05) is 38.1 Å². The molecule has 2 amide bonds. The number of ether oxygens (including phenoxy) is 1. The summed E-state index contributed by atoms with van der Waals surface area (Å²) >= 11 is 0. The van der Waals surface area contributed by atoms with Gasteiger partial charge in [-0.15, -0.1) is 0 Å². The van der Waals surface area contributed by atoms with E-state index < -0.39 is 5.60 Å². The summed E-state index contributed by atoms with van der Waals surface area (Å²) in [6.45, 7) is 9.89. The Hall–Kier alpha value is -3.35. The smallest absolute Gasteiger partial charge is 0.410 e. The lowest BCUT2D eigenvalue weighted by Gasteiger charge is -2.36. The van der Waals surface area contributed by atoms with Crippen molar-refractivity contribution in [2.24, 2.45) is 5.92 Å². The van der Waals surface area contributed by atoms with Crippen molar-refractivity contribution in [2.45, 2.75) is 97.2 Å². The van der Waals surface area contributed by atoms with Gasteiger partial charge >= 0.3 is 6.09 Å². The highest BCUT2D eigenvalue weighted by Gasteiger charge is 2.37. The van der Waals surface area contributed by atoms with Gasteiger partial charge in [0.2, 0.25) is 5.91 Å². The van der Waals surface area contributed by atoms with Crippen LogP contribution in [0.15, 0.2) is 30.6 Å². The molecule has 7 nitrogen and oxygen atoms in total. The van der Waals surface area contributed by atoms with Gasteiger partial charge < -0.3 is 19.5 Å². The number of likely N-dealkylation sites (tertiary alicyclic amines) is 1. The van der Waals surface area contributed by atoms with Crippen LogP contribution in [0.1, 0.15) is 94.0 Å². The molecule has 1 aromatic carbocycles. The monoisotopic (exact) mass is 542 g/mol. The molecule has 2 aromatic heterocycles. The number of rotatable bonds is 3. The molecular formula is C33H42N4O3. The molecule has 4 heterocycles. The van der Waals surface area contributed by atoms with Crippen molar-refractivity contribution >= 4 is 23.0 Å². The molecule has 212 valence electrons. The largest absolute Gasteiger partial charge is 0.444 e. The summed E-state index contributed by atoms with van der Waals surface area (Å²) in [4.78, 5) is 38.8. The first kappa shape index (κ1) is 26.9. The standard InChI is InChI=1S/C33H42N4O3/c1-21-18-34-30-26(21)17-25(19-35-30)24-15-23-12-14-36(31(38)22-9-6-5-7-10-22)20-28(23)27(16-24)29-11-8-13-37(29)32(39)40-33(2,3)4/h15-19,22,29H,5-14,20H2,1-4H3,(H,34,35)/t29-/m0/s1. The van der Waals surface area contributed by atoms with Crippen molar-refractivity contribution in [3.05, 3.63) is 52.8 Å². The molecule has 1 atom stereocenters. The van der Waals surface area contributed by atoms with Crippen LogP contribution in [0.4, 0.5) is 4.79 Å². The molecule has 7 heteroatoms. The molecule has 6 rings (SSSR count).